The molecule has 0 spiro atoms. The summed E-state index contributed by atoms with van der Waals surface area (Å²) in [5.41, 5.74) is 0.602. The molecule has 0 aliphatic rings. The number of fused-ring (bicyclic) bond motifs is 1. The Balaban J connectivity index is 2.30. The van der Waals surface area contributed by atoms with Gasteiger partial charge in [-0.1, -0.05) is 18.2 Å². The first-order chi connectivity index (χ1) is 7.99. The van der Waals surface area contributed by atoms with E-state index >= 15 is 0 Å². The molecular formula is C12H12F3NO. The van der Waals surface area contributed by atoms with Gasteiger partial charge in [-0.3, -0.25) is 0 Å². The number of rotatable bonds is 3. The Hall–Kier alpha value is -1.49. The number of alkyl halides is 3. The number of nitrogens with one attached hydrogen (secondary N) is 1. The molecule has 0 bridgehead atoms. The zero-order valence-electron chi connectivity index (χ0n) is 9.21. The third-order valence-corrected chi connectivity index (χ3v) is 2.57. The summed E-state index contributed by atoms with van der Waals surface area (Å²) in [5.74, 6) is 0.311. The van der Waals surface area contributed by atoms with Gasteiger partial charge >= 0.3 is 6.18 Å². The monoisotopic (exact) mass is 243 g/mol. The average Bonchev–Trinajstić information content (AvgIpc) is 2.67. The van der Waals surface area contributed by atoms with Crippen LogP contribution < -0.4 is 5.32 Å². The van der Waals surface area contributed by atoms with Gasteiger partial charge in [0.15, 0.2) is 0 Å². The molecule has 0 aliphatic heterocycles. The maximum Gasteiger partial charge on any atom is 0.391 e. The molecule has 5 heteroatoms. The van der Waals surface area contributed by atoms with Crippen molar-refractivity contribution in [1.82, 2.24) is 5.32 Å². The standard InChI is InChI=1S/C12H12F3NO/c1-16-9(7-12(13,14)15)11-6-8-4-2-3-5-10(8)17-11/h2-6,9,16H,7H2,1H3. The van der Waals surface area contributed by atoms with Crippen molar-refractivity contribution in [2.75, 3.05) is 7.05 Å². The highest BCUT2D eigenvalue weighted by molar-refractivity contribution is 5.77. The van der Waals surface area contributed by atoms with E-state index in [-0.39, 0.29) is 0 Å². The summed E-state index contributed by atoms with van der Waals surface area (Å²) in [7, 11) is 1.49. The number of furan rings is 1. The van der Waals surface area contributed by atoms with Gasteiger partial charge in [0.05, 0.1) is 12.5 Å². The van der Waals surface area contributed by atoms with Crippen LogP contribution in [0, 0.1) is 0 Å². The summed E-state index contributed by atoms with van der Waals surface area (Å²) in [6.07, 6.45) is -5.16. The fourth-order valence-electron chi connectivity index (χ4n) is 1.75. The van der Waals surface area contributed by atoms with Crippen LogP contribution in [0.5, 0.6) is 0 Å². The first-order valence-electron chi connectivity index (χ1n) is 5.22. The molecule has 17 heavy (non-hydrogen) atoms. The second kappa shape index (κ2) is 4.41. The van der Waals surface area contributed by atoms with E-state index in [1.54, 1.807) is 18.2 Å². The van der Waals surface area contributed by atoms with Crippen LogP contribution in [-0.2, 0) is 0 Å². The molecule has 0 fully saturated rings. The van der Waals surface area contributed by atoms with E-state index < -0.39 is 18.6 Å². The third kappa shape index (κ3) is 2.79. The maximum absolute atomic E-state index is 12.4. The van der Waals surface area contributed by atoms with Crippen LogP contribution in [0.25, 0.3) is 11.0 Å². The van der Waals surface area contributed by atoms with Crippen LogP contribution in [0.4, 0.5) is 13.2 Å². The number of hydrogen-bond donors (Lipinski definition) is 1. The molecule has 0 amide bonds. The van der Waals surface area contributed by atoms with E-state index in [0.717, 1.165) is 5.39 Å². The summed E-state index contributed by atoms with van der Waals surface area (Å²) in [6.45, 7) is 0. The summed E-state index contributed by atoms with van der Waals surface area (Å²) in [6, 6.07) is 7.94. The molecular weight excluding hydrogens is 231 g/mol. The molecule has 1 aromatic carbocycles. The van der Waals surface area contributed by atoms with Crippen LogP contribution >= 0.6 is 0 Å². The lowest BCUT2D eigenvalue weighted by Crippen LogP contribution is -2.23. The summed E-state index contributed by atoms with van der Waals surface area (Å²) >= 11 is 0. The Morgan fingerprint density at radius 1 is 1.29 bits per heavy atom. The molecule has 92 valence electrons. The zero-order valence-corrected chi connectivity index (χ0v) is 9.21. The summed E-state index contributed by atoms with van der Waals surface area (Å²) in [4.78, 5) is 0. The van der Waals surface area contributed by atoms with E-state index in [9.17, 15) is 13.2 Å². The van der Waals surface area contributed by atoms with Gasteiger partial charge in [-0.05, 0) is 19.2 Å². The van der Waals surface area contributed by atoms with E-state index in [4.69, 9.17) is 4.42 Å². The van der Waals surface area contributed by atoms with E-state index in [1.165, 1.54) is 7.05 Å². The maximum atomic E-state index is 12.4. The van der Waals surface area contributed by atoms with Gasteiger partial charge in [0.1, 0.15) is 11.3 Å². The Morgan fingerprint density at radius 3 is 2.59 bits per heavy atom. The number of hydrogen-bond acceptors (Lipinski definition) is 2. The molecule has 1 N–H and O–H groups in total. The van der Waals surface area contributed by atoms with Crippen molar-refractivity contribution >= 4 is 11.0 Å². The minimum absolute atomic E-state index is 0.311. The van der Waals surface area contributed by atoms with E-state index in [2.05, 4.69) is 5.32 Å². The smallest absolute Gasteiger partial charge is 0.391 e. The highest BCUT2D eigenvalue weighted by Crippen LogP contribution is 2.32. The number of para-hydroxylation sites is 1. The van der Waals surface area contributed by atoms with Gasteiger partial charge in [-0.2, -0.15) is 13.2 Å². The average molecular weight is 243 g/mol. The SMILES string of the molecule is CNC(CC(F)(F)F)c1cc2ccccc2o1. The molecule has 0 radical (unpaired) electrons. The topological polar surface area (TPSA) is 25.2 Å². The van der Waals surface area contributed by atoms with Crippen molar-refractivity contribution in [3.05, 3.63) is 36.1 Å². The highest BCUT2D eigenvalue weighted by Gasteiger charge is 2.33. The van der Waals surface area contributed by atoms with Crippen molar-refractivity contribution in [2.45, 2.75) is 18.6 Å². The van der Waals surface area contributed by atoms with Gasteiger partial charge in [0.25, 0.3) is 0 Å². The van der Waals surface area contributed by atoms with E-state index in [0.29, 0.717) is 11.3 Å². The first-order valence-corrected chi connectivity index (χ1v) is 5.22. The van der Waals surface area contributed by atoms with Gasteiger partial charge < -0.3 is 9.73 Å². The normalized spacial score (nSPS) is 14.1. The molecule has 1 aromatic heterocycles. The van der Waals surface area contributed by atoms with Crippen molar-refractivity contribution in [3.8, 4) is 0 Å². The zero-order chi connectivity index (χ0) is 12.5. The largest absolute Gasteiger partial charge is 0.459 e. The lowest BCUT2D eigenvalue weighted by molar-refractivity contribution is -0.141. The fraction of sp³-hybridized carbons (Fsp3) is 0.333. The van der Waals surface area contributed by atoms with Crippen molar-refractivity contribution in [2.24, 2.45) is 0 Å². The van der Waals surface area contributed by atoms with Crippen LogP contribution in [0.1, 0.15) is 18.2 Å². The molecule has 0 saturated heterocycles. The van der Waals surface area contributed by atoms with E-state index in [1.807, 2.05) is 12.1 Å². The summed E-state index contributed by atoms with van der Waals surface area (Å²) in [5, 5.41) is 3.43. The predicted molar refractivity (Wildman–Crippen MR) is 58.7 cm³/mol. The molecule has 1 atom stereocenters. The minimum Gasteiger partial charge on any atom is -0.459 e. The Morgan fingerprint density at radius 2 is 2.00 bits per heavy atom. The van der Waals surface area contributed by atoms with Crippen LogP contribution in [0.3, 0.4) is 0 Å². The molecule has 1 heterocycles. The molecule has 1 unspecified atom stereocenters. The molecule has 2 rings (SSSR count). The van der Waals surface area contributed by atoms with Crippen LogP contribution in [0.2, 0.25) is 0 Å². The molecule has 2 aromatic rings. The Kier molecular flexibility index (Phi) is 3.11. The fourth-order valence-corrected chi connectivity index (χ4v) is 1.75. The molecule has 0 aliphatic carbocycles. The molecule has 0 saturated carbocycles. The second-order valence-corrected chi connectivity index (χ2v) is 3.85. The quantitative estimate of drug-likeness (QED) is 0.890. The van der Waals surface area contributed by atoms with Crippen LogP contribution in [0.15, 0.2) is 34.7 Å². The minimum atomic E-state index is -4.22. The lowest BCUT2D eigenvalue weighted by Gasteiger charge is -2.15. The van der Waals surface area contributed by atoms with Crippen molar-refractivity contribution in [3.63, 3.8) is 0 Å². The molecule has 2 nitrogen and oxygen atoms in total. The Labute approximate surface area is 96.4 Å². The van der Waals surface area contributed by atoms with Crippen molar-refractivity contribution < 1.29 is 17.6 Å². The van der Waals surface area contributed by atoms with Gasteiger partial charge in [-0.15, -0.1) is 0 Å². The number of halogens is 3. The van der Waals surface area contributed by atoms with Crippen LogP contribution in [-0.4, -0.2) is 13.2 Å². The second-order valence-electron chi connectivity index (χ2n) is 3.85. The van der Waals surface area contributed by atoms with Gasteiger partial charge in [0.2, 0.25) is 0 Å². The van der Waals surface area contributed by atoms with Gasteiger partial charge in [0, 0.05) is 5.39 Å². The number of benzene rings is 1. The first kappa shape index (κ1) is 12.0. The Bertz CT molecular complexity index is 471. The predicted octanol–water partition coefficient (Wildman–Crippen LogP) is 3.65. The van der Waals surface area contributed by atoms with Crippen molar-refractivity contribution in [1.29, 1.82) is 0 Å². The third-order valence-electron chi connectivity index (χ3n) is 2.57. The highest BCUT2D eigenvalue weighted by atomic mass is 19.4. The summed E-state index contributed by atoms with van der Waals surface area (Å²) < 4.78 is 42.5. The van der Waals surface area contributed by atoms with Gasteiger partial charge in [-0.25, -0.2) is 0 Å². The lowest BCUT2D eigenvalue weighted by atomic mass is 10.1.